The van der Waals surface area contributed by atoms with Crippen LogP contribution in [0.5, 0.6) is 0 Å². The van der Waals surface area contributed by atoms with E-state index in [1.165, 1.54) is 0 Å². The van der Waals surface area contributed by atoms with Gasteiger partial charge in [0.15, 0.2) is 0 Å². The van der Waals surface area contributed by atoms with E-state index in [2.05, 4.69) is 46.7 Å². The summed E-state index contributed by atoms with van der Waals surface area (Å²) in [6.45, 7) is 0.483. The highest BCUT2D eigenvalue weighted by Crippen LogP contribution is 2.44. The molecule has 0 atom stereocenters. The fourth-order valence-corrected chi connectivity index (χ4v) is 5.24. The average molecular weight is 475 g/mol. The van der Waals surface area contributed by atoms with Crippen molar-refractivity contribution < 1.29 is 24.2 Å². The molecular weight excluding hydrogens is 444 g/mol. The van der Waals surface area contributed by atoms with E-state index in [1.807, 2.05) is 24.3 Å². The summed E-state index contributed by atoms with van der Waals surface area (Å²) in [4.78, 5) is 35.6. The van der Waals surface area contributed by atoms with Crippen LogP contribution in [0.3, 0.4) is 0 Å². The number of alkyl carbamates (subject to hydrolysis) is 1. The number of nitrogens with one attached hydrogen (secondary N) is 2. The first-order valence-electron chi connectivity index (χ1n) is 12.0. The van der Waals surface area contributed by atoms with E-state index in [1.54, 1.807) is 0 Å². The van der Waals surface area contributed by atoms with Crippen LogP contribution in [0.4, 0.5) is 4.79 Å². The molecule has 2 aliphatic carbocycles. The van der Waals surface area contributed by atoms with Gasteiger partial charge in [0.1, 0.15) is 6.61 Å². The first kappa shape index (κ1) is 24.3. The molecular formula is C28H30N2O5. The topological polar surface area (TPSA) is 105 Å². The lowest BCUT2D eigenvalue weighted by atomic mass is 9.71. The highest BCUT2D eigenvalue weighted by atomic mass is 16.5. The van der Waals surface area contributed by atoms with Crippen LogP contribution in [0.15, 0.2) is 48.5 Å². The molecule has 0 heterocycles. The summed E-state index contributed by atoms with van der Waals surface area (Å²) in [5, 5.41) is 14.5. The summed E-state index contributed by atoms with van der Waals surface area (Å²) in [6.07, 6.45) is 4.06. The van der Waals surface area contributed by atoms with Crippen LogP contribution < -0.4 is 10.6 Å². The third kappa shape index (κ3) is 6.02. The molecule has 3 N–H and O–H groups in total. The van der Waals surface area contributed by atoms with E-state index in [0.717, 1.165) is 54.4 Å². The van der Waals surface area contributed by atoms with Gasteiger partial charge in [-0.3, -0.25) is 9.59 Å². The van der Waals surface area contributed by atoms with E-state index in [9.17, 15) is 19.5 Å². The molecule has 1 saturated carbocycles. The van der Waals surface area contributed by atoms with Crippen LogP contribution in [-0.2, 0) is 14.3 Å². The quantitative estimate of drug-likeness (QED) is 0.525. The van der Waals surface area contributed by atoms with Gasteiger partial charge in [0.25, 0.3) is 5.91 Å². The first-order valence-corrected chi connectivity index (χ1v) is 12.0. The van der Waals surface area contributed by atoms with Crippen molar-refractivity contribution in [3.05, 3.63) is 59.7 Å². The molecule has 0 aliphatic heterocycles. The third-order valence-electron chi connectivity index (χ3n) is 6.93. The van der Waals surface area contributed by atoms with E-state index < -0.39 is 23.4 Å². The highest BCUT2D eigenvalue weighted by Gasteiger charge is 2.34. The van der Waals surface area contributed by atoms with E-state index in [4.69, 9.17) is 4.74 Å². The number of carbonyl (C=O) groups excluding carboxylic acids is 2. The molecule has 2 aliphatic rings. The van der Waals surface area contributed by atoms with Crippen molar-refractivity contribution in [3.8, 4) is 23.0 Å². The monoisotopic (exact) mass is 474 g/mol. The Morgan fingerprint density at radius 2 is 1.57 bits per heavy atom. The Kier molecular flexibility index (Phi) is 7.71. The van der Waals surface area contributed by atoms with Gasteiger partial charge in [-0.1, -0.05) is 73.7 Å². The number of carbonyl (C=O) groups is 3. The van der Waals surface area contributed by atoms with Gasteiger partial charge in [0, 0.05) is 12.5 Å². The van der Waals surface area contributed by atoms with Crippen LogP contribution in [-0.4, -0.2) is 42.8 Å². The molecule has 2 aromatic rings. The fraction of sp³-hybridized carbons (Fsp3) is 0.393. The molecule has 0 unspecified atom stereocenters. The van der Waals surface area contributed by atoms with Gasteiger partial charge in [0.05, 0.1) is 13.0 Å². The predicted molar refractivity (Wildman–Crippen MR) is 132 cm³/mol. The van der Waals surface area contributed by atoms with Gasteiger partial charge in [0.2, 0.25) is 0 Å². The van der Waals surface area contributed by atoms with E-state index in [0.29, 0.717) is 6.54 Å². The van der Waals surface area contributed by atoms with Gasteiger partial charge in [-0.25, -0.2) is 4.79 Å². The Labute approximate surface area is 205 Å². The second-order valence-electron chi connectivity index (χ2n) is 9.29. The summed E-state index contributed by atoms with van der Waals surface area (Å²) in [7, 11) is 0. The van der Waals surface area contributed by atoms with Crippen LogP contribution in [0.2, 0.25) is 0 Å². The molecule has 7 heteroatoms. The number of fused-ring (bicyclic) bond motifs is 3. The van der Waals surface area contributed by atoms with Gasteiger partial charge in [-0.05, 0) is 46.4 Å². The lowest BCUT2D eigenvalue weighted by Gasteiger charge is -2.35. The number of ether oxygens (including phenoxy) is 1. The summed E-state index contributed by atoms with van der Waals surface area (Å²) >= 11 is 0. The second-order valence-corrected chi connectivity index (χ2v) is 9.29. The van der Waals surface area contributed by atoms with E-state index >= 15 is 0 Å². The zero-order valence-corrected chi connectivity index (χ0v) is 19.6. The number of benzene rings is 2. The SMILES string of the molecule is O=C(O)CC1(CNC(=O)C#CCNC(=O)OCC2c3ccccc3-c3ccccc32)CCCCC1. The van der Waals surface area contributed by atoms with Crippen molar-refractivity contribution in [2.75, 3.05) is 19.7 Å². The number of hydrogen-bond donors (Lipinski definition) is 3. The number of amides is 2. The number of hydrogen-bond acceptors (Lipinski definition) is 4. The fourth-order valence-electron chi connectivity index (χ4n) is 5.24. The maximum absolute atomic E-state index is 12.2. The molecule has 35 heavy (non-hydrogen) atoms. The Balaban J connectivity index is 1.23. The summed E-state index contributed by atoms with van der Waals surface area (Å²) < 4.78 is 5.45. The molecule has 0 radical (unpaired) electrons. The maximum atomic E-state index is 12.2. The third-order valence-corrected chi connectivity index (χ3v) is 6.93. The highest BCUT2D eigenvalue weighted by molar-refractivity contribution is 5.93. The summed E-state index contributed by atoms with van der Waals surface area (Å²) in [5.41, 5.74) is 4.19. The number of carboxylic acid groups (broad SMARTS) is 1. The second kappa shape index (κ2) is 11.1. The van der Waals surface area contributed by atoms with E-state index in [-0.39, 0.29) is 25.5 Å². The molecule has 2 aromatic carbocycles. The molecule has 0 aromatic heterocycles. The Bertz CT molecular complexity index is 1110. The minimum atomic E-state index is -0.848. The Morgan fingerprint density at radius 3 is 2.20 bits per heavy atom. The smallest absolute Gasteiger partial charge is 0.407 e. The molecule has 1 fully saturated rings. The number of rotatable bonds is 7. The molecule has 2 amide bonds. The first-order chi connectivity index (χ1) is 17.0. The molecule has 0 saturated heterocycles. The predicted octanol–water partition coefficient (Wildman–Crippen LogP) is 4.07. The summed E-state index contributed by atoms with van der Waals surface area (Å²) in [5.74, 6) is 3.73. The summed E-state index contributed by atoms with van der Waals surface area (Å²) in [6, 6.07) is 16.2. The van der Waals surface area contributed by atoms with Gasteiger partial charge in [-0.15, -0.1) is 0 Å². The average Bonchev–Trinajstić information content (AvgIpc) is 3.18. The normalized spacial score (nSPS) is 15.7. The Hall–Kier alpha value is -3.79. The minimum Gasteiger partial charge on any atom is -0.481 e. The van der Waals surface area contributed by atoms with Crippen LogP contribution in [0.1, 0.15) is 55.6 Å². The van der Waals surface area contributed by atoms with Crippen molar-refractivity contribution >= 4 is 18.0 Å². The number of aliphatic carboxylic acids is 1. The van der Waals surface area contributed by atoms with Crippen molar-refractivity contribution in [2.45, 2.75) is 44.4 Å². The zero-order valence-electron chi connectivity index (χ0n) is 19.6. The molecule has 7 nitrogen and oxygen atoms in total. The lowest BCUT2D eigenvalue weighted by Crippen LogP contribution is -2.40. The van der Waals surface area contributed by atoms with Crippen LogP contribution in [0.25, 0.3) is 11.1 Å². The van der Waals surface area contributed by atoms with Gasteiger partial charge >= 0.3 is 12.1 Å². The molecule has 0 spiro atoms. The largest absolute Gasteiger partial charge is 0.481 e. The van der Waals surface area contributed by atoms with Crippen molar-refractivity contribution in [1.29, 1.82) is 0 Å². The molecule has 0 bridgehead atoms. The standard InChI is InChI=1S/C28H30N2O5/c31-25(30-19-28(17-26(32)33)14-6-1-7-15-28)13-8-16-29-27(34)35-18-24-22-11-4-2-9-20(22)21-10-3-5-12-23(21)24/h2-5,9-12,24H,1,6-7,14-19H2,(H,29,34)(H,30,31)(H,32,33). The zero-order chi connectivity index (χ0) is 24.7. The van der Waals surface area contributed by atoms with Crippen molar-refractivity contribution in [2.24, 2.45) is 5.41 Å². The van der Waals surface area contributed by atoms with Crippen molar-refractivity contribution in [1.82, 2.24) is 10.6 Å². The van der Waals surface area contributed by atoms with Crippen molar-refractivity contribution in [3.63, 3.8) is 0 Å². The molecule has 182 valence electrons. The van der Waals surface area contributed by atoms with Gasteiger partial charge in [-0.2, -0.15) is 0 Å². The minimum absolute atomic E-state index is 0.0234. The van der Waals surface area contributed by atoms with Crippen LogP contribution in [0, 0.1) is 17.3 Å². The molecule has 4 rings (SSSR count). The Morgan fingerprint density at radius 1 is 0.943 bits per heavy atom. The van der Waals surface area contributed by atoms with Crippen LogP contribution >= 0.6 is 0 Å². The number of carboxylic acids is 1. The lowest BCUT2D eigenvalue weighted by molar-refractivity contribution is -0.140. The van der Waals surface area contributed by atoms with Gasteiger partial charge < -0.3 is 20.5 Å². The maximum Gasteiger partial charge on any atom is 0.407 e.